The Labute approximate surface area is 153 Å². The van der Waals surface area contributed by atoms with Crippen LogP contribution in [-0.2, 0) is 25.9 Å². The van der Waals surface area contributed by atoms with Gasteiger partial charge in [0.05, 0.1) is 12.8 Å². The standard InChI is InChI=1S/C18H25ClN4O2/c1-5-15-14(16(6-2)25-23-15)11-22-18(20-3)21-10-12-7-8-13(19)9-17(12)24-4/h7-9H,5-6,10-11H2,1-4H3,(H2,20,21,22). The van der Waals surface area contributed by atoms with E-state index in [0.29, 0.717) is 24.1 Å². The lowest BCUT2D eigenvalue weighted by Crippen LogP contribution is -2.36. The number of ether oxygens (including phenoxy) is 1. The smallest absolute Gasteiger partial charge is 0.191 e. The number of guanidine groups is 1. The lowest BCUT2D eigenvalue weighted by Gasteiger charge is -2.14. The maximum atomic E-state index is 6.00. The van der Waals surface area contributed by atoms with Gasteiger partial charge in [0.1, 0.15) is 11.5 Å². The summed E-state index contributed by atoms with van der Waals surface area (Å²) in [5, 5.41) is 11.4. The second kappa shape index (κ2) is 9.32. The van der Waals surface area contributed by atoms with Gasteiger partial charge < -0.3 is 19.9 Å². The van der Waals surface area contributed by atoms with Gasteiger partial charge in [0.15, 0.2) is 5.96 Å². The van der Waals surface area contributed by atoms with Crippen LogP contribution in [-0.4, -0.2) is 25.3 Å². The summed E-state index contributed by atoms with van der Waals surface area (Å²) in [6.07, 6.45) is 1.66. The quantitative estimate of drug-likeness (QED) is 0.582. The highest BCUT2D eigenvalue weighted by Gasteiger charge is 2.13. The molecule has 0 fully saturated rings. The molecule has 0 bridgehead atoms. The third kappa shape index (κ3) is 4.89. The first kappa shape index (κ1) is 19.1. The fraction of sp³-hybridized carbons (Fsp3) is 0.444. The molecule has 2 aromatic rings. The molecule has 2 N–H and O–H groups in total. The summed E-state index contributed by atoms with van der Waals surface area (Å²) in [6, 6.07) is 5.58. The van der Waals surface area contributed by atoms with E-state index in [0.717, 1.165) is 41.2 Å². The summed E-state index contributed by atoms with van der Waals surface area (Å²) in [5.74, 6) is 2.36. The van der Waals surface area contributed by atoms with E-state index in [4.69, 9.17) is 20.9 Å². The Morgan fingerprint density at radius 2 is 2.00 bits per heavy atom. The number of aliphatic imine (C=N–C) groups is 1. The number of hydrogen-bond donors (Lipinski definition) is 2. The van der Waals surface area contributed by atoms with Gasteiger partial charge in [0.2, 0.25) is 0 Å². The number of hydrogen-bond acceptors (Lipinski definition) is 4. The van der Waals surface area contributed by atoms with Crippen molar-refractivity contribution in [3.63, 3.8) is 0 Å². The van der Waals surface area contributed by atoms with E-state index in [-0.39, 0.29) is 0 Å². The lowest BCUT2D eigenvalue weighted by molar-refractivity contribution is 0.380. The zero-order valence-corrected chi connectivity index (χ0v) is 15.9. The second-order valence-corrected chi connectivity index (χ2v) is 5.91. The van der Waals surface area contributed by atoms with Gasteiger partial charge in [-0.1, -0.05) is 36.7 Å². The van der Waals surface area contributed by atoms with E-state index >= 15 is 0 Å². The van der Waals surface area contributed by atoms with E-state index in [1.807, 2.05) is 12.1 Å². The fourth-order valence-corrected chi connectivity index (χ4v) is 2.74. The van der Waals surface area contributed by atoms with Gasteiger partial charge in [-0.15, -0.1) is 0 Å². The molecule has 6 nitrogen and oxygen atoms in total. The molecule has 2 rings (SSSR count). The Morgan fingerprint density at radius 3 is 2.64 bits per heavy atom. The number of nitrogens with zero attached hydrogens (tertiary/aromatic N) is 2. The highest BCUT2D eigenvalue weighted by atomic mass is 35.5. The lowest BCUT2D eigenvalue weighted by atomic mass is 10.1. The van der Waals surface area contributed by atoms with Crippen molar-refractivity contribution < 1.29 is 9.26 Å². The molecule has 0 aliphatic heterocycles. The first-order chi connectivity index (χ1) is 12.1. The van der Waals surface area contributed by atoms with Gasteiger partial charge in [-0.3, -0.25) is 4.99 Å². The minimum Gasteiger partial charge on any atom is -0.496 e. The van der Waals surface area contributed by atoms with Crippen LogP contribution in [0.25, 0.3) is 0 Å². The Balaban J connectivity index is 1.99. The Bertz CT molecular complexity index is 706. The molecule has 0 spiro atoms. The van der Waals surface area contributed by atoms with Crippen LogP contribution in [0.1, 0.15) is 36.4 Å². The molecule has 0 radical (unpaired) electrons. The van der Waals surface area contributed by atoms with E-state index < -0.39 is 0 Å². The van der Waals surface area contributed by atoms with Crippen molar-refractivity contribution in [2.24, 2.45) is 4.99 Å². The van der Waals surface area contributed by atoms with E-state index in [2.05, 4.69) is 34.6 Å². The van der Waals surface area contributed by atoms with Crippen LogP contribution < -0.4 is 15.4 Å². The van der Waals surface area contributed by atoms with Crippen LogP contribution in [0.5, 0.6) is 5.75 Å². The number of aryl methyl sites for hydroxylation is 2. The molecule has 0 aliphatic carbocycles. The second-order valence-electron chi connectivity index (χ2n) is 5.47. The Morgan fingerprint density at radius 1 is 1.24 bits per heavy atom. The van der Waals surface area contributed by atoms with Crippen molar-refractivity contribution in [3.05, 3.63) is 45.8 Å². The van der Waals surface area contributed by atoms with Gasteiger partial charge >= 0.3 is 0 Å². The number of nitrogens with one attached hydrogen (secondary N) is 2. The first-order valence-corrected chi connectivity index (χ1v) is 8.73. The predicted molar refractivity (Wildman–Crippen MR) is 100 cm³/mol. The molecule has 0 saturated carbocycles. The van der Waals surface area contributed by atoms with Crippen LogP contribution in [0.4, 0.5) is 0 Å². The minimum absolute atomic E-state index is 0.574. The summed E-state index contributed by atoms with van der Waals surface area (Å²) in [7, 11) is 3.37. The third-order valence-corrected chi connectivity index (χ3v) is 4.19. The van der Waals surface area contributed by atoms with Crippen LogP contribution >= 0.6 is 11.6 Å². The summed E-state index contributed by atoms with van der Waals surface area (Å²) in [4.78, 5) is 4.26. The van der Waals surface area contributed by atoms with Crippen LogP contribution in [0.2, 0.25) is 5.02 Å². The topological polar surface area (TPSA) is 71.7 Å². The third-order valence-electron chi connectivity index (χ3n) is 3.96. The summed E-state index contributed by atoms with van der Waals surface area (Å²) in [5.41, 5.74) is 3.10. The predicted octanol–water partition coefficient (Wildman–Crippen LogP) is 3.33. The fourth-order valence-electron chi connectivity index (χ4n) is 2.57. The molecular weight excluding hydrogens is 340 g/mol. The van der Waals surface area contributed by atoms with Crippen molar-refractivity contribution in [2.75, 3.05) is 14.2 Å². The monoisotopic (exact) mass is 364 g/mol. The van der Waals surface area contributed by atoms with Crippen molar-refractivity contribution in [3.8, 4) is 5.75 Å². The number of methoxy groups -OCH3 is 1. The summed E-state index contributed by atoms with van der Waals surface area (Å²) >= 11 is 6.00. The van der Waals surface area contributed by atoms with E-state index in [9.17, 15) is 0 Å². The molecule has 0 unspecified atom stereocenters. The van der Waals surface area contributed by atoms with Crippen molar-refractivity contribution in [1.82, 2.24) is 15.8 Å². The largest absolute Gasteiger partial charge is 0.496 e. The average molecular weight is 365 g/mol. The maximum Gasteiger partial charge on any atom is 0.191 e. The average Bonchev–Trinajstić information content (AvgIpc) is 3.04. The van der Waals surface area contributed by atoms with Gasteiger partial charge in [-0.05, 0) is 18.6 Å². The normalized spacial score (nSPS) is 11.5. The first-order valence-electron chi connectivity index (χ1n) is 8.36. The van der Waals surface area contributed by atoms with Crippen LogP contribution in [0, 0.1) is 0 Å². The van der Waals surface area contributed by atoms with Gasteiger partial charge in [-0.25, -0.2) is 0 Å². The highest BCUT2D eigenvalue weighted by molar-refractivity contribution is 6.30. The van der Waals surface area contributed by atoms with E-state index in [1.165, 1.54) is 0 Å². The zero-order valence-electron chi connectivity index (χ0n) is 15.1. The number of aromatic nitrogens is 1. The number of benzene rings is 1. The molecule has 136 valence electrons. The molecule has 7 heteroatoms. The Kier molecular flexibility index (Phi) is 7.13. The molecule has 1 heterocycles. The van der Waals surface area contributed by atoms with Crippen molar-refractivity contribution >= 4 is 17.6 Å². The molecule has 0 amide bonds. The molecule has 1 aromatic carbocycles. The SMILES string of the molecule is CCc1noc(CC)c1CNC(=NC)NCc1ccc(Cl)cc1OC. The van der Waals surface area contributed by atoms with Gasteiger partial charge in [0.25, 0.3) is 0 Å². The highest BCUT2D eigenvalue weighted by Crippen LogP contribution is 2.22. The van der Waals surface area contributed by atoms with Crippen molar-refractivity contribution in [1.29, 1.82) is 0 Å². The molecule has 0 saturated heterocycles. The van der Waals surface area contributed by atoms with Crippen LogP contribution in [0.15, 0.2) is 27.7 Å². The van der Waals surface area contributed by atoms with E-state index in [1.54, 1.807) is 20.2 Å². The Hall–Kier alpha value is -2.21. The van der Waals surface area contributed by atoms with Gasteiger partial charge in [0, 0.05) is 42.7 Å². The molecule has 0 atom stereocenters. The van der Waals surface area contributed by atoms with Gasteiger partial charge in [-0.2, -0.15) is 0 Å². The minimum atomic E-state index is 0.574. The molecular formula is C18H25ClN4O2. The summed E-state index contributed by atoms with van der Waals surface area (Å²) < 4.78 is 10.8. The van der Waals surface area contributed by atoms with Crippen molar-refractivity contribution in [2.45, 2.75) is 39.8 Å². The zero-order chi connectivity index (χ0) is 18.2. The number of halogens is 1. The summed E-state index contributed by atoms with van der Waals surface area (Å²) in [6.45, 7) is 5.32. The molecule has 0 aliphatic rings. The van der Waals surface area contributed by atoms with Crippen LogP contribution in [0.3, 0.4) is 0 Å². The molecule has 1 aromatic heterocycles. The molecule has 25 heavy (non-hydrogen) atoms. The maximum absolute atomic E-state index is 6.00. The number of rotatable bonds is 7.